The number of carbonyl (C=O) groups excluding carboxylic acids is 1. The van der Waals surface area contributed by atoms with E-state index in [1.165, 1.54) is 6.26 Å². The Kier molecular flexibility index (Phi) is 4.25. The first kappa shape index (κ1) is 14.4. The van der Waals surface area contributed by atoms with Crippen molar-refractivity contribution in [3.63, 3.8) is 0 Å². The number of aryl methyl sites for hydroxylation is 1. The molecule has 1 atom stereocenters. The predicted octanol–water partition coefficient (Wildman–Crippen LogP) is 2.54. The molecule has 1 amide bonds. The van der Waals surface area contributed by atoms with E-state index in [-0.39, 0.29) is 12.5 Å². The molecule has 22 heavy (non-hydrogen) atoms. The monoisotopic (exact) mass is 298 g/mol. The van der Waals surface area contributed by atoms with E-state index >= 15 is 0 Å². The van der Waals surface area contributed by atoms with Gasteiger partial charge in [0.2, 0.25) is 5.91 Å². The van der Waals surface area contributed by atoms with E-state index in [0.717, 1.165) is 16.5 Å². The number of hydrogen-bond acceptors (Lipinski definition) is 3. The molecule has 0 saturated carbocycles. The van der Waals surface area contributed by atoms with Gasteiger partial charge >= 0.3 is 0 Å². The van der Waals surface area contributed by atoms with Crippen LogP contribution in [-0.2, 0) is 11.2 Å². The maximum atomic E-state index is 12.0. The van der Waals surface area contributed by atoms with Crippen molar-refractivity contribution in [1.82, 2.24) is 10.3 Å². The van der Waals surface area contributed by atoms with Gasteiger partial charge in [-0.25, -0.2) is 0 Å². The van der Waals surface area contributed by atoms with Gasteiger partial charge in [0.1, 0.15) is 11.8 Å². The Hall–Kier alpha value is -2.53. The summed E-state index contributed by atoms with van der Waals surface area (Å²) in [6.07, 6.45) is 4.45. The van der Waals surface area contributed by atoms with E-state index in [2.05, 4.69) is 16.4 Å². The number of nitrogens with one attached hydrogen (secondary N) is 2. The third-order valence-corrected chi connectivity index (χ3v) is 3.66. The van der Waals surface area contributed by atoms with Crippen molar-refractivity contribution < 1.29 is 14.3 Å². The lowest BCUT2D eigenvalue weighted by molar-refractivity contribution is -0.122. The van der Waals surface area contributed by atoms with Crippen LogP contribution in [0.5, 0.6) is 0 Å². The molecule has 0 bridgehead atoms. The van der Waals surface area contributed by atoms with Crippen molar-refractivity contribution in [2.24, 2.45) is 0 Å². The minimum absolute atomic E-state index is 0.107. The van der Waals surface area contributed by atoms with Gasteiger partial charge in [0.05, 0.1) is 12.9 Å². The molecule has 1 unspecified atom stereocenters. The number of aromatic nitrogens is 1. The van der Waals surface area contributed by atoms with Gasteiger partial charge in [0, 0.05) is 18.1 Å². The van der Waals surface area contributed by atoms with Crippen LogP contribution in [0.4, 0.5) is 0 Å². The van der Waals surface area contributed by atoms with Crippen molar-refractivity contribution in [3.05, 3.63) is 60.2 Å². The first-order valence-electron chi connectivity index (χ1n) is 7.26. The summed E-state index contributed by atoms with van der Waals surface area (Å²) in [5, 5.41) is 13.3. The highest BCUT2D eigenvalue weighted by Gasteiger charge is 2.15. The molecule has 2 heterocycles. The molecule has 5 heteroatoms. The van der Waals surface area contributed by atoms with Gasteiger partial charge in [0.25, 0.3) is 0 Å². The van der Waals surface area contributed by atoms with Crippen molar-refractivity contribution in [2.45, 2.75) is 18.9 Å². The van der Waals surface area contributed by atoms with Crippen LogP contribution in [0.1, 0.15) is 23.8 Å². The van der Waals surface area contributed by atoms with Gasteiger partial charge in [0.15, 0.2) is 0 Å². The largest absolute Gasteiger partial charge is 0.467 e. The topological polar surface area (TPSA) is 78.3 Å². The number of rotatable bonds is 6. The molecule has 0 fully saturated rings. The number of aliphatic hydroxyl groups excluding tert-OH is 1. The molecule has 3 rings (SSSR count). The number of hydrogen-bond donors (Lipinski definition) is 3. The molecular weight excluding hydrogens is 280 g/mol. The highest BCUT2D eigenvalue weighted by Crippen LogP contribution is 2.16. The summed E-state index contributed by atoms with van der Waals surface area (Å²) >= 11 is 0. The van der Waals surface area contributed by atoms with Crippen LogP contribution < -0.4 is 5.32 Å². The Morgan fingerprint density at radius 1 is 1.32 bits per heavy atom. The summed E-state index contributed by atoms with van der Waals surface area (Å²) in [5.41, 5.74) is 2.20. The standard InChI is InChI=1S/C17H18N2O3/c20-11-15(16-2-1-9-22-16)19-17(21)6-4-12-3-5-14-13(10-12)7-8-18-14/h1-3,5,7-10,15,18,20H,4,6,11H2,(H,19,21). The van der Waals surface area contributed by atoms with E-state index < -0.39 is 6.04 Å². The number of benzene rings is 1. The highest BCUT2D eigenvalue weighted by atomic mass is 16.3. The summed E-state index contributed by atoms with van der Waals surface area (Å²) in [6, 6.07) is 11.1. The molecule has 0 aliphatic heterocycles. The molecule has 3 N–H and O–H groups in total. The fourth-order valence-corrected chi connectivity index (χ4v) is 2.48. The van der Waals surface area contributed by atoms with Crippen LogP contribution in [0.3, 0.4) is 0 Å². The molecule has 2 aromatic heterocycles. The zero-order valence-corrected chi connectivity index (χ0v) is 12.1. The fourth-order valence-electron chi connectivity index (χ4n) is 2.48. The van der Waals surface area contributed by atoms with E-state index in [0.29, 0.717) is 18.6 Å². The van der Waals surface area contributed by atoms with Crippen LogP contribution in [0.25, 0.3) is 10.9 Å². The van der Waals surface area contributed by atoms with Crippen LogP contribution in [0, 0.1) is 0 Å². The quantitative estimate of drug-likeness (QED) is 0.654. The second-order valence-corrected chi connectivity index (χ2v) is 5.22. The summed E-state index contributed by atoms with van der Waals surface area (Å²) in [5.74, 6) is 0.453. The van der Waals surface area contributed by atoms with Crippen molar-refractivity contribution in [3.8, 4) is 0 Å². The molecule has 5 nitrogen and oxygen atoms in total. The lowest BCUT2D eigenvalue weighted by Crippen LogP contribution is -2.30. The molecule has 114 valence electrons. The van der Waals surface area contributed by atoms with Crippen molar-refractivity contribution in [2.75, 3.05) is 6.61 Å². The predicted molar refractivity (Wildman–Crippen MR) is 83.3 cm³/mol. The second kappa shape index (κ2) is 6.49. The summed E-state index contributed by atoms with van der Waals surface area (Å²) < 4.78 is 5.21. The molecule has 0 aliphatic rings. The van der Waals surface area contributed by atoms with Gasteiger partial charge in [-0.15, -0.1) is 0 Å². The smallest absolute Gasteiger partial charge is 0.220 e. The maximum Gasteiger partial charge on any atom is 0.220 e. The zero-order chi connectivity index (χ0) is 15.4. The Bertz CT molecular complexity index is 746. The SMILES string of the molecule is O=C(CCc1ccc2[nH]ccc2c1)NC(CO)c1ccco1. The van der Waals surface area contributed by atoms with Crippen LogP contribution in [0.2, 0.25) is 0 Å². The van der Waals surface area contributed by atoms with Gasteiger partial charge in [-0.05, 0) is 47.7 Å². The highest BCUT2D eigenvalue weighted by molar-refractivity contribution is 5.80. The number of aliphatic hydroxyl groups is 1. The fraction of sp³-hybridized carbons (Fsp3) is 0.235. The second-order valence-electron chi connectivity index (χ2n) is 5.22. The number of aromatic amines is 1. The summed E-state index contributed by atoms with van der Waals surface area (Å²) in [4.78, 5) is 15.2. The van der Waals surface area contributed by atoms with E-state index in [4.69, 9.17) is 4.42 Å². The van der Waals surface area contributed by atoms with Crippen molar-refractivity contribution >= 4 is 16.8 Å². The number of amides is 1. The third kappa shape index (κ3) is 3.20. The van der Waals surface area contributed by atoms with Crippen LogP contribution in [0.15, 0.2) is 53.3 Å². The minimum atomic E-state index is -0.491. The lowest BCUT2D eigenvalue weighted by Gasteiger charge is -2.13. The van der Waals surface area contributed by atoms with Gasteiger partial charge in [-0.3, -0.25) is 4.79 Å². The first-order valence-corrected chi connectivity index (χ1v) is 7.26. The molecule has 0 saturated heterocycles. The normalized spacial score (nSPS) is 12.4. The number of furan rings is 1. The summed E-state index contributed by atoms with van der Waals surface area (Å²) in [7, 11) is 0. The van der Waals surface area contributed by atoms with E-state index in [1.807, 2.05) is 24.4 Å². The van der Waals surface area contributed by atoms with Gasteiger partial charge < -0.3 is 19.8 Å². The molecule has 3 aromatic rings. The minimum Gasteiger partial charge on any atom is -0.467 e. The molecule has 1 aromatic carbocycles. The maximum absolute atomic E-state index is 12.0. The molecule has 0 spiro atoms. The Labute approximate surface area is 128 Å². The number of H-pyrrole nitrogens is 1. The molecule has 0 radical (unpaired) electrons. The van der Waals surface area contributed by atoms with Gasteiger partial charge in [-0.2, -0.15) is 0 Å². The first-order chi connectivity index (χ1) is 10.8. The Morgan fingerprint density at radius 2 is 2.23 bits per heavy atom. The Morgan fingerprint density at radius 3 is 3.00 bits per heavy atom. The van der Waals surface area contributed by atoms with Crippen LogP contribution >= 0.6 is 0 Å². The Balaban J connectivity index is 1.57. The third-order valence-electron chi connectivity index (χ3n) is 3.66. The molecule has 0 aliphatic carbocycles. The molecular formula is C17H18N2O3. The zero-order valence-electron chi connectivity index (χ0n) is 12.1. The number of fused-ring (bicyclic) bond motifs is 1. The lowest BCUT2D eigenvalue weighted by atomic mass is 10.1. The van der Waals surface area contributed by atoms with E-state index in [1.54, 1.807) is 12.1 Å². The average molecular weight is 298 g/mol. The van der Waals surface area contributed by atoms with Crippen molar-refractivity contribution in [1.29, 1.82) is 0 Å². The number of carbonyl (C=O) groups is 1. The summed E-state index contributed by atoms with van der Waals surface area (Å²) in [6.45, 7) is -0.186. The van der Waals surface area contributed by atoms with E-state index in [9.17, 15) is 9.90 Å². The average Bonchev–Trinajstić information content (AvgIpc) is 3.21. The van der Waals surface area contributed by atoms with Gasteiger partial charge in [-0.1, -0.05) is 6.07 Å². The van der Waals surface area contributed by atoms with Crippen LogP contribution in [-0.4, -0.2) is 22.6 Å².